The van der Waals surface area contributed by atoms with Crippen molar-refractivity contribution in [3.8, 4) is 6.07 Å². The normalized spacial score (nSPS) is 9.38. The molecule has 0 heterocycles. The maximum absolute atomic E-state index is 12.9. The van der Waals surface area contributed by atoms with E-state index in [4.69, 9.17) is 21.0 Å². The van der Waals surface area contributed by atoms with Gasteiger partial charge >= 0.3 is 7.12 Å². The first-order valence-electron chi connectivity index (χ1n) is 3.41. The first-order valence-corrected chi connectivity index (χ1v) is 3.41. The van der Waals surface area contributed by atoms with Gasteiger partial charge < -0.3 is 15.8 Å². The number of anilines is 1. The maximum atomic E-state index is 12.9. The fraction of sp³-hybridized carbons (Fsp3) is 0. The number of nitrogens with two attached hydrogens (primary N) is 1. The third-order valence-corrected chi connectivity index (χ3v) is 1.55. The Morgan fingerprint density at radius 2 is 2.08 bits per heavy atom. The number of benzene rings is 1. The van der Waals surface area contributed by atoms with Gasteiger partial charge in [0.2, 0.25) is 0 Å². The van der Waals surface area contributed by atoms with Gasteiger partial charge in [-0.2, -0.15) is 5.26 Å². The van der Waals surface area contributed by atoms with Crippen LogP contribution in [-0.2, 0) is 0 Å². The van der Waals surface area contributed by atoms with E-state index in [2.05, 4.69) is 0 Å². The van der Waals surface area contributed by atoms with Gasteiger partial charge in [0, 0.05) is 0 Å². The summed E-state index contributed by atoms with van der Waals surface area (Å²) < 4.78 is 12.9. The molecule has 0 aliphatic carbocycles. The number of rotatable bonds is 1. The lowest BCUT2D eigenvalue weighted by Gasteiger charge is -2.03. The number of nitriles is 1. The number of hydrogen-bond acceptors (Lipinski definition) is 4. The molecule has 13 heavy (non-hydrogen) atoms. The van der Waals surface area contributed by atoms with Crippen LogP contribution in [0.5, 0.6) is 0 Å². The molecule has 4 N–H and O–H groups in total. The van der Waals surface area contributed by atoms with Crippen molar-refractivity contribution in [3.05, 3.63) is 23.5 Å². The second-order valence-electron chi connectivity index (χ2n) is 2.45. The SMILES string of the molecule is N#Cc1c(N)cc(B(O)O)cc1F. The molecule has 0 aliphatic heterocycles. The standard InChI is InChI=1S/C7H6BFN2O2/c9-6-1-4(8(12)13)2-7(11)5(6)3-10/h1-2,12-13H,11H2. The average Bonchev–Trinajstić information content (AvgIpc) is 2.03. The van der Waals surface area contributed by atoms with Crippen LogP contribution in [0.3, 0.4) is 0 Å². The Morgan fingerprint density at radius 3 is 2.46 bits per heavy atom. The summed E-state index contributed by atoms with van der Waals surface area (Å²) in [6.07, 6.45) is 0. The number of hydrogen-bond donors (Lipinski definition) is 3. The predicted octanol–water partition coefficient (Wildman–Crippen LogP) is -1.04. The van der Waals surface area contributed by atoms with E-state index >= 15 is 0 Å². The van der Waals surface area contributed by atoms with Gasteiger partial charge in [0.25, 0.3) is 0 Å². The van der Waals surface area contributed by atoms with Crippen LogP contribution in [0.2, 0.25) is 0 Å². The van der Waals surface area contributed by atoms with Crippen molar-refractivity contribution in [2.45, 2.75) is 0 Å². The molecule has 0 saturated heterocycles. The quantitative estimate of drug-likeness (QED) is 0.380. The average molecular weight is 180 g/mol. The lowest BCUT2D eigenvalue weighted by atomic mass is 9.79. The molecule has 0 aliphatic rings. The van der Waals surface area contributed by atoms with E-state index in [0.29, 0.717) is 0 Å². The van der Waals surface area contributed by atoms with Gasteiger partial charge in [-0.05, 0) is 17.6 Å². The number of nitrogen functional groups attached to an aromatic ring is 1. The molecule has 1 rings (SSSR count). The molecule has 1 aromatic rings. The molecule has 0 spiro atoms. The molecule has 0 bridgehead atoms. The summed E-state index contributed by atoms with van der Waals surface area (Å²) in [6, 6.07) is 3.57. The van der Waals surface area contributed by atoms with Crippen molar-refractivity contribution >= 4 is 18.3 Å². The summed E-state index contributed by atoms with van der Waals surface area (Å²) in [7, 11) is -1.79. The van der Waals surface area contributed by atoms with Crippen molar-refractivity contribution in [1.29, 1.82) is 5.26 Å². The molecular formula is C7H6BFN2O2. The zero-order valence-corrected chi connectivity index (χ0v) is 6.53. The molecular weight excluding hydrogens is 174 g/mol. The molecule has 0 saturated carbocycles. The number of halogens is 1. The van der Waals surface area contributed by atoms with Gasteiger partial charge in [-0.15, -0.1) is 0 Å². The minimum atomic E-state index is -1.79. The van der Waals surface area contributed by atoms with E-state index < -0.39 is 12.9 Å². The Hall–Kier alpha value is -1.58. The fourth-order valence-corrected chi connectivity index (χ4v) is 0.917. The van der Waals surface area contributed by atoms with E-state index in [1.807, 2.05) is 0 Å². The van der Waals surface area contributed by atoms with Crippen LogP contribution in [0.1, 0.15) is 5.56 Å². The molecule has 0 unspecified atom stereocenters. The van der Waals surface area contributed by atoms with Crippen molar-refractivity contribution < 1.29 is 14.4 Å². The van der Waals surface area contributed by atoms with E-state index in [-0.39, 0.29) is 16.7 Å². The van der Waals surface area contributed by atoms with Crippen LogP contribution in [0.25, 0.3) is 0 Å². The third kappa shape index (κ3) is 1.77. The van der Waals surface area contributed by atoms with Crippen LogP contribution < -0.4 is 11.2 Å². The molecule has 0 atom stereocenters. The van der Waals surface area contributed by atoms with E-state index in [9.17, 15) is 4.39 Å². The minimum absolute atomic E-state index is 0.0750. The van der Waals surface area contributed by atoms with Crippen molar-refractivity contribution in [2.24, 2.45) is 0 Å². The lowest BCUT2D eigenvalue weighted by Crippen LogP contribution is -2.30. The molecule has 66 valence electrons. The van der Waals surface area contributed by atoms with Crippen LogP contribution in [-0.4, -0.2) is 17.2 Å². The first kappa shape index (κ1) is 9.51. The van der Waals surface area contributed by atoms with Crippen molar-refractivity contribution in [3.63, 3.8) is 0 Å². The van der Waals surface area contributed by atoms with E-state index in [1.54, 1.807) is 6.07 Å². The van der Waals surface area contributed by atoms with Crippen LogP contribution in [0.4, 0.5) is 10.1 Å². The number of nitrogens with zero attached hydrogens (tertiary/aromatic N) is 1. The summed E-state index contributed by atoms with van der Waals surface area (Å²) in [5.74, 6) is -0.856. The zero-order chi connectivity index (χ0) is 10.0. The highest BCUT2D eigenvalue weighted by Crippen LogP contribution is 2.12. The second-order valence-corrected chi connectivity index (χ2v) is 2.45. The summed E-state index contributed by atoms with van der Waals surface area (Å²) in [5.41, 5.74) is 4.82. The molecule has 0 radical (unpaired) electrons. The Bertz CT molecular complexity index is 352. The maximum Gasteiger partial charge on any atom is 0.488 e. The molecule has 0 aromatic heterocycles. The topological polar surface area (TPSA) is 90.3 Å². The Balaban J connectivity index is 3.30. The molecule has 0 amide bonds. The van der Waals surface area contributed by atoms with Gasteiger partial charge in [-0.1, -0.05) is 0 Å². The van der Waals surface area contributed by atoms with Gasteiger partial charge in [-0.25, -0.2) is 4.39 Å². The fourth-order valence-electron chi connectivity index (χ4n) is 0.917. The Kier molecular flexibility index (Phi) is 2.51. The summed E-state index contributed by atoms with van der Waals surface area (Å²) in [5, 5.41) is 25.8. The van der Waals surface area contributed by atoms with Gasteiger partial charge in [0.05, 0.1) is 5.69 Å². The molecule has 0 fully saturated rings. The van der Waals surface area contributed by atoms with Crippen molar-refractivity contribution in [2.75, 3.05) is 5.73 Å². The van der Waals surface area contributed by atoms with E-state index in [1.165, 1.54) is 0 Å². The van der Waals surface area contributed by atoms with Crippen LogP contribution in [0, 0.1) is 17.1 Å². The van der Waals surface area contributed by atoms with Crippen LogP contribution >= 0.6 is 0 Å². The largest absolute Gasteiger partial charge is 0.488 e. The van der Waals surface area contributed by atoms with Gasteiger partial charge in [0.15, 0.2) is 0 Å². The van der Waals surface area contributed by atoms with Gasteiger partial charge in [0.1, 0.15) is 17.4 Å². The van der Waals surface area contributed by atoms with Crippen LogP contribution in [0.15, 0.2) is 12.1 Å². The summed E-state index contributed by atoms with van der Waals surface area (Å²) >= 11 is 0. The first-order chi connectivity index (χ1) is 6.06. The summed E-state index contributed by atoms with van der Waals surface area (Å²) in [4.78, 5) is 0. The predicted molar refractivity (Wildman–Crippen MR) is 45.4 cm³/mol. The highest BCUT2D eigenvalue weighted by atomic mass is 19.1. The third-order valence-electron chi connectivity index (χ3n) is 1.55. The van der Waals surface area contributed by atoms with Gasteiger partial charge in [-0.3, -0.25) is 0 Å². The second kappa shape index (κ2) is 3.43. The lowest BCUT2D eigenvalue weighted by molar-refractivity contribution is 0.425. The highest BCUT2D eigenvalue weighted by Gasteiger charge is 2.16. The van der Waals surface area contributed by atoms with Crippen molar-refractivity contribution in [1.82, 2.24) is 0 Å². The smallest absolute Gasteiger partial charge is 0.423 e. The summed E-state index contributed by atoms with van der Waals surface area (Å²) in [6.45, 7) is 0. The molecule has 4 nitrogen and oxygen atoms in total. The van der Waals surface area contributed by atoms with E-state index in [0.717, 1.165) is 12.1 Å². The Labute approximate surface area is 74.2 Å². The zero-order valence-electron chi connectivity index (χ0n) is 6.53. The molecule has 6 heteroatoms. The Morgan fingerprint density at radius 1 is 1.46 bits per heavy atom. The highest BCUT2D eigenvalue weighted by molar-refractivity contribution is 6.58. The monoisotopic (exact) mass is 180 g/mol. The minimum Gasteiger partial charge on any atom is -0.423 e. The molecule has 1 aromatic carbocycles.